The van der Waals surface area contributed by atoms with E-state index < -0.39 is 10.0 Å². The third kappa shape index (κ3) is 23.2. The molecule has 0 bridgehead atoms. The van der Waals surface area contributed by atoms with E-state index >= 15 is 0 Å². The molecule has 0 spiro atoms. The van der Waals surface area contributed by atoms with E-state index in [0.717, 1.165) is 119 Å². The molecule has 436 valence electrons. The van der Waals surface area contributed by atoms with Crippen molar-refractivity contribution in [2.75, 3.05) is 39.0 Å². The number of carbonyl (C=O) groups is 2. The molecule has 4 N–H and O–H groups in total. The van der Waals surface area contributed by atoms with Gasteiger partial charge in [0.05, 0.1) is 51.7 Å². The smallest absolute Gasteiger partial charge is 0.223 e. The zero-order valence-corrected chi connectivity index (χ0v) is 53.2. The van der Waals surface area contributed by atoms with E-state index in [4.69, 9.17) is 32.5 Å². The number of nitrogens with two attached hydrogens (primary N) is 2. The van der Waals surface area contributed by atoms with Crippen molar-refractivity contribution in [2.45, 2.75) is 234 Å². The molecule has 0 aromatic heterocycles. The van der Waals surface area contributed by atoms with E-state index in [9.17, 15) is 18.0 Å². The van der Waals surface area contributed by atoms with Crippen LogP contribution in [-0.4, -0.2) is 68.4 Å². The Morgan fingerprint density at radius 1 is 0.474 bits per heavy atom. The second kappa shape index (κ2) is 28.8. The van der Waals surface area contributed by atoms with E-state index in [0.29, 0.717) is 41.7 Å². The van der Waals surface area contributed by atoms with Gasteiger partial charge >= 0.3 is 0 Å². The number of carbonyl (C=O) groups excluding carboxylic acids is 2. The van der Waals surface area contributed by atoms with E-state index in [-0.39, 0.29) is 50.1 Å². The first-order chi connectivity index (χ1) is 34.5. The highest BCUT2D eigenvalue weighted by Crippen LogP contribution is 2.48. The summed E-state index contributed by atoms with van der Waals surface area (Å²) < 4.78 is 24.9. The number of piperidine rings is 2. The molecule has 0 aromatic carbocycles. The fourth-order valence-corrected chi connectivity index (χ4v) is 14.8. The standard InChI is InChI=1S/C11H23NO2S.C10H21N.2C7H13NO.4C7H11N/c1-5-15(13,14)12-8-6-10(7-9-12)11(2,3)4;1-10(2,3)9-5-7-11(4)8-6-9;2*1-5-3-7(2,4-5)6(8)9;4*1-6-3-7(2,4-6)5-8/h10H,5-9H2,1-4H3;9H,5-8H2,1-4H3;2*5H,3-4H2,1-2H3,(H2,8,9);4*6H,3-4H2,1-2H3. The molecular formula is C63H114N8O4S. The molecule has 2 aliphatic heterocycles. The van der Waals surface area contributed by atoms with Crippen LogP contribution in [0.5, 0.6) is 0 Å². The van der Waals surface area contributed by atoms with Gasteiger partial charge in [-0.25, -0.2) is 12.7 Å². The van der Waals surface area contributed by atoms with Crippen LogP contribution in [0.15, 0.2) is 0 Å². The molecule has 2 heterocycles. The summed E-state index contributed by atoms with van der Waals surface area (Å²) in [5.74, 6) is 6.11. The maximum absolute atomic E-state index is 11.6. The molecule has 13 heteroatoms. The van der Waals surface area contributed by atoms with Crippen molar-refractivity contribution in [2.24, 2.45) is 102 Å². The minimum atomic E-state index is -2.96. The summed E-state index contributed by atoms with van der Waals surface area (Å²) in [4.78, 5) is 23.8. The lowest BCUT2D eigenvalue weighted by atomic mass is 9.63. The van der Waals surface area contributed by atoms with Gasteiger partial charge in [0.25, 0.3) is 0 Å². The minimum Gasteiger partial charge on any atom is -0.369 e. The highest BCUT2D eigenvalue weighted by atomic mass is 32.2. The van der Waals surface area contributed by atoms with Crippen LogP contribution >= 0.6 is 0 Å². The van der Waals surface area contributed by atoms with Crippen molar-refractivity contribution in [3.8, 4) is 24.3 Å². The zero-order chi connectivity index (χ0) is 59.1. The topological polar surface area (TPSA) is 222 Å². The average molecular weight is 1080 g/mol. The summed E-state index contributed by atoms with van der Waals surface area (Å²) in [6.07, 6.45) is 17.5. The number of hydrogen-bond donors (Lipinski definition) is 2. The Morgan fingerprint density at radius 3 is 0.816 bits per heavy atom. The fourth-order valence-electron chi connectivity index (χ4n) is 13.7. The van der Waals surface area contributed by atoms with Gasteiger partial charge in [0.15, 0.2) is 0 Å². The van der Waals surface area contributed by atoms with Crippen LogP contribution in [0, 0.1) is 136 Å². The predicted octanol–water partition coefficient (Wildman–Crippen LogP) is 14.1. The summed E-state index contributed by atoms with van der Waals surface area (Å²) in [6.45, 7) is 44.6. The van der Waals surface area contributed by atoms with Crippen LogP contribution in [0.4, 0.5) is 0 Å². The van der Waals surface area contributed by atoms with Crippen LogP contribution in [0.2, 0.25) is 0 Å². The van der Waals surface area contributed by atoms with Crippen LogP contribution in [0.3, 0.4) is 0 Å². The van der Waals surface area contributed by atoms with Crippen molar-refractivity contribution in [1.29, 1.82) is 21.0 Å². The lowest BCUT2D eigenvalue weighted by Crippen LogP contribution is -2.44. The lowest BCUT2D eigenvalue weighted by Gasteiger charge is -2.40. The zero-order valence-electron chi connectivity index (χ0n) is 52.3. The third-order valence-corrected chi connectivity index (χ3v) is 20.1. The van der Waals surface area contributed by atoms with Gasteiger partial charge in [-0.1, -0.05) is 96.9 Å². The monoisotopic (exact) mass is 1080 g/mol. The normalized spacial score (nSPS) is 36.6. The fraction of sp³-hybridized carbons (Fsp3) is 0.905. The number of primary amides is 2. The number of nitriles is 4. The predicted molar refractivity (Wildman–Crippen MR) is 313 cm³/mol. The van der Waals surface area contributed by atoms with Crippen molar-refractivity contribution in [3.63, 3.8) is 0 Å². The van der Waals surface area contributed by atoms with Crippen LogP contribution in [0.1, 0.15) is 234 Å². The third-order valence-electron chi connectivity index (χ3n) is 18.2. The Balaban J connectivity index is 0.000000439. The maximum atomic E-state index is 11.6. The molecule has 0 unspecified atom stereocenters. The first-order valence-electron chi connectivity index (χ1n) is 29.4. The molecule has 76 heavy (non-hydrogen) atoms. The van der Waals surface area contributed by atoms with Gasteiger partial charge in [-0.05, 0) is 216 Å². The van der Waals surface area contributed by atoms with Gasteiger partial charge in [0.2, 0.25) is 21.8 Å². The van der Waals surface area contributed by atoms with E-state index in [1.165, 1.54) is 25.9 Å². The average Bonchev–Trinajstić information content (AvgIpc) is 3.27. The molecule has 6 aliphatic carbocycles. The summed E-state index contributed by atoms with van der Waals surface area (Å²) in [7, 11) is -0.736. The Bertz CT molecular complexity index is 1910. The number of nitrogens with zero attached hydrogens (tertiary/aromatic N) is 6. The van der Waals surface area contributed by atoms with Crippen molar-refractivity contribution in [3.05, 3.63) is 0 Å². The first-order valence-corrected chi connectivity index (χ1v) is 31.0. The summed E-state index contributed by atoms with van der Waals surface area (Å²) in [6, 6.07) is 9.23. The lowest BCUT2D eigenvalue weighted by molar-refractivity contribution is -0.134. The molecule has 8 fully saturated rings. The number of amides is 2. The van der Waals surface area contributed by atoms with Gasteiger partial charge in [-0.3, -0.25) is 9.59 Å². The molecule has 0 radical (unpaired) electrons. The van der Waals surface area contributed by atoms with Gasteiger partial charge < -0.3 is 16.4 Å². The number of rotatable bonds is 4. The highest BCUT2D eigenvalue weighted by molar-refractivity contribution is 7.89. The van der Waals surface area contributed by atoms with E-state index in [1.807, 2.05) is 41.5 Å². The molecule has 8 aliphatic rings. The van der Waals surface area contributed by atoms with E-state index in [2.05, 4.69) is 119 Å². The largest absolute Gasteiger partial charge is 0.369 e. The molecule has 6 saturated carbocycles. The number of likely N-dealkylation sites (tertiary alicyclic amines) is 1. The number of hydrogen-bond acceptors (Lipinski definition) is 9. The van der Waals surface area contributed by atoms with Crippen molar-refractivity contribution < 1.29 is 18.0 Å². The van der Waals surface area contributed by atoms with Crippen LogP contribution in [-0.2, 0) is 19.6 Å². The van der Waals surface area contributed by atoms with Crippen molar-refractivity contribution >= 4 is 21.8 Å². The van der Waals surface area contributed by atoms with Gasteiger partial charge in [-0.2, -0.15) is 21.0 Å². The second-order valence-corrected chi connectivity index (χ2v) is 32.3. The maximum Gasteiger partial charge on any atom is 0.223 e. The summed E-state index contributed by atoms with van der Waals surface area (Å²) in [5, 5.41) is 34.1. The first kappa shape index (κ1) is 70.8. The van der Waals surface area contributed by atoms with Crippen LogP contribution in [0.25, 0.3) is 0 Å². The Kier molecular flexibility index (Phi) is 26.8. The summed E-state index contributed by atoms with van der Waals surface area (Å²) in [5.41, 5.74) is 11.0. The number of sulfonamides is 1. The molecule has 12 nitrogen and oxygen atoms in total. The molecule has 2 saturated heterocycles. The molecule has 0 atom stereocenters. The summed E-state index contributed by atoms with van der Waals surface area (Å²) >= 11 is 0. The minimum absolute atomic E-state index is 0.0411. The molecule has 8 rings (SSSR count). The van der Waals surface area contributed by atoms with Gasteiger partial charge in [0.1, 0.15) is 0 Å². The SMILES string of the molecule is CC1CC(C)(C#N)C1.CC1CC(C)(C#N)C1.CC1CC(C)(C#N)C1.CC1CC(C)(C#N)C1.CC1CC(C)(C(N)=O)C1.CC1CC(C)(C(N)=O)C1.CCS(=O)(=O)N1CCC(C(C)(C)C)CC1.CN1CCC(C(C)(C)C)CC1. The Labute approximate surface area is 467 Å². The van der Waals surface area contributed by atoms with Gasteiger partial charge in [-0.15, -0.1) is 0 Å². The van der Waals surface area contributed by atoms with Gasteiger partial charge in [0, 0.05) is 23.9 Å². The molecular weight excluding hydrogens is 965 g/mol. The van der Waals surface area contributed by atoms with Crippen LogP contribution < -0.4 is 11.5 Å². The second-order valence-electron chi connectivity index (χ2n) is 30.0. The Hall–Kier alpha value is -3.23. The highest BCUT2D eigenvalue weighted by Gasteiger charge is 2.44. The quantitative estimate of drug-likeness (QED) is 0.273. The van der Waals surface area contributed by atoms with E-state index in [1.54, 1.807) is 11.2 Å². The molecule has 2 amide bonds. The van der Waals surface area contributed by atoms with Crippen molar-refractivity contribution in [1.82, 2.24) is 9.21 Å². The molecule has 0 aromatic rings. The Morgan fingerprint density at radius 2 is 0.684 bits per heavy atom.